The highest BCUT2D eigenvalue weighted by Crippen LogP contribution is 2.24. The fraction of sp³-hybridized carbons (Fsp3) is 0.438. The van der Waals surface area contributed by atoms with Gasteiger partial charge in [0.1, 0.15) is 18.7 Å². The lowest BCUT2D eigenvalue weighted by atomic mass is 10.1. The summed E-state index contributed by atoms with van der Waals surface area (Å²) in [6.45, 7) is 4.45. The molecule has 122 valence electrons. The molecule has 2 heterocycles. The second-order valence-electron chi connectivity index (χ2n) is 5.87. The molecule has 2 atom stereocenters. The SMILES string of the molecule is CC(C(=O)NCC1CCN(c2ccc(Cl)cc2)C1)n1cncn1. The summed E-state index contributed by atoms with van der Waals surface area (Å²) in [5.74, 6) is 0.429. The molecule has 1 aliphatic heterocycles. The standard InChI is InChI=1S/C16H20ClN5O/c1-12(22-11-18-10-20-22)16(23)19-8-13-6-7-21(9-13)15-4-2-14(17)3-5-15/h2-5,10-13H,6-9H2,1H3,(H,19,23). The highest BCUT2D eigenvalue weighted by atomic mass is 35.5. The van der Waals surface area contributed by atoms with E-state index >= 15 is 0 Å². The van der Waals surface area contributed by atoms with Gasteiger partial charge in [-0.15, -0.1) is 0 Å². The molecule has 1 aliphatic rings. The van der Waals surface area contributed by atoms with Crippen LogP contribution in [0.5, 0.6) is 0 Å². The number of hydrogen-bond donors (Lipinski definition) is 1. The first-order valence-corrected chi connectivity index (χ1v) is 8.13. The second-order valence-corrected chi connectivity index (χ2v) is 6.31. The molecule has 1 fully saturated rings. The molecule has 1 amide bonds. The van der Waals surface area contributed by atoms with Crippen molar-refractivity contribution in [1.82, 2.24) is 20.1 Å². The maximum absolute atomic E-state index is 12.2. The van der Waals surface area contributed by atoms with Gasteiger partial charge in [-0.1, -0.05) is 11.6 Å². The summed E-state index contributed by atoms with van der Waals surface area (Å²) in [4.78, 5) is 18.4. The molecule has 0 radical (unpaired) electrons. The van der Waals surface area contributed by atoms with E-state index in [0.29, 0.717) is 12.5 Å². The lowest BCUT2D eigenvalue weighted by Gasteiger charge is -2.19. The van der Waals surface area contributed by atoms with Crippen LogP contribution in [0.3, 0.4) is 0 Å². The maximum Gasteiger partial charge on any atom is 0.244 e. The summed E-state index contributed by atoms with van der Waals surface area (Å²) >= 11 is 5.93. The Morgan fingerprint density at radius 2 is 2.22 bits per heavy atom. The van der Waals surface area contributed by atoms with Gasteiger partial charge >= 0.3 is 0 Å². The molecule has 0 bridgehead atoms. The van der Waals surface area contributed by atoms with Gasteiger partial charge < -0.3 is 10.2 Å². The number of halogens is 1. The molecular formula is C16H20ClN5O. The van der Waals surface area contributed by atoms with Crippen molar-refractivity contribution in [3.63, 3.8) is 0 Å². The van der Waals surface area contributed by atoms with Crippen LogP contribution in [0.15, 0.2) is 36.9 Å². The van der Waals surface area contributed by atoms with Crippen LogP contribution in [0.25, 0.3) is 0 Å². The molecule has 1 aromatic heterocycles. The van der Waals surface area contributed by atoms with Crippen LogP contribution in [-0.2, 0) is 4.79 Å². The molecule has 0 aliphatic carbocycles. The van der Waals surface area contributed by atoms with Crippen LogP contribution in [-0.4, -0.2) is 40.3 Å². The van der Waals surface area contributed by atoms with Crippen LogP contribution in [0.4, 0.5) is 5.69 Å². The molecule has 1 N–H and O–H groups in total. The molecule has 1 aromatic carbocycles. The van der Waals surface area contributed by atoms with E-state index in [1.54, 1.807) is 11.0 Å². The van der Waals surface area contributed by atoms with Crippen molar-refractivity contribution >= 4 is 23.2 Å². The third-order valence-corrected chi connectivity index (χ3v) is 4.51. The van der Waals surface area contributed by atoms with Crippen molar-refractivity contribution in [2.75, 3.05) is 24.5 Å². The van der Waals surface area contributed by atoms with Crippen molar-refractivity contribution in [1.29, 1.82) is 0 Å². The summed E-state index contributed by atoms with van der Waals surface area (Å²) in [7, 11) is 0. The second kappa shape index (κ2) is 7.00. The first-order chi connectivity index (χ1) is 11.1. The van der Waals surface area contributed by atoms with Gasteiger partial charge in [0.2, 0.25) is 5.91 Å². The Morgan fingerprint density at radius 3 is 2.91 bits per heavy atom. The number of amides is 1. The van der Waals surface area contributed by atoms with Gasteiger partial charge in [0, 0.05) is 30.3 Å². The number of benzene rings is 1. The summed E-state index contributed by atoms with van der Waals surface area (Å²) in [5.41, 5.74) is 1.18. The molecular weight excluding hydrogens is 314 g/mol. The smallest absolute Gasteiger partial charge is 0.244 e. The van der Waals surface area contributed by atoms with Crippen LogP contribution in [0, 0.1) is 5.92 Å². The van der Waals surface area contributed by atoms with Crippen LogP contribution in [0.2, 0.25) is 5.02 Å². The molecule has 1 saturated heterocycles. The van der Waals surface area contributed by atoms with Crippen LogP contribution < -0.4 is 10.2 Å². The average Bonchev–Trinajstić information content (AvgIpc) is 3.24. The molecule has 2 unspecified atom stereocenters. The minimum absolute atomic E-state index is 0.0274. The van der Waals surface area contributed by atoms with Gasteiger partial charge in [-0.05, 0) is 43.5 Å². The number of carbonyl (C=O) groups excluding carboxylic acids is 1. The number of carbonyl (C=O) groups is 1. The monoisotopic (exact) mass is 333 g/mol. The van der Waals surface area contributed by atoms with Crippen LogP contribution in [0.1, 0.15) is 19.4 Å². The number of nitrogens with one attached hydrogen (secondary N) is 1. The molecule has 0 saturated carbocycles. The Morgan fingerprint density at radius 1 is 1.43 bits per heavy atom. The van der Waals surface area contributed by atoms with Gasteiger partial charge in [-0.2, -0.15) is 5.10 Å². The first-order valence-electron chi connectivity index (χ1n) is 7.76. The Labute approximate surface area is 140 Å². The van der Waals surface area contributed by atoms with E-state index in [9.17, 15) is 4.79 Å². The van der Waals surface area contributed by atoms with Crippen molar-refractivity contribution < 1.29 is 4.79 Å². The average molecular weight is 334 g/mol. The van der Waals surface area contributed by atoms with Gasteiger partial charge in [0.25, 0.3) is 0 Å². The number of hydrogen-bond acceptors (Lipinski definition) is 4. The first kappa shape index (κ1) is 15.8. The van der Waals surface area contributed by atoms with E-state index < -0.39 is 0 Å². The Hall–Kier alpha value is -2.08. The van der Waals surface area contributed by atoms with Crippen molar-refractivity contribution in [2.24, 2.45) is 5.92 Å². The highest BCUT2D eigenvalue weighted by Gasteiger charge is 2.24. The lowest BCUT2D eigenvalue weighted by Crippen LogP contribution is -2.35. The quantitative estimate of drug-likeness (QED) is 0.910. The van der Waals surface area contributed by atoms with Crippen molar-refractivity contribution in [3.05, 3.63) is 41.9 Å². The van der Waals surface area contributed by atoms with Crippen LogP contribution >= 0.6 is 11.6 Å². The fourth-order valence-corrected chi connectivity index (χ4v) is 2.94. The van der Waals surface area contributed by atoms with Gasteiger partial charge in [0.15, 0.2) is 0 Å². The predicted molar refractivity (Wildman–Crippen MR) is 89.5 cm³/mol. The number of rotatable bonds is 5. The van der Waals surface area contributed by atoms with E-state index in [0.717, 1.165) is 24.5 Å². The number of aromatic nitrogens is 3. The largest absolute Gasteiger partial charge is 0.371 e. The summed E-state index contributed by atoms with van der Waals surface area (Å²) in [5, 5.41) is 7.77. The van der Waals surface area contributed by atoms with Crippen molar-refractivity contribution in [3.8, 4) is 0 Å². The summed E-state index contributed by atoms with van der Waals surface area (Å²) in [6.07, 6.45) is 4.06. The minimum atomic E-state index is -0.341. The Kier molecular flexibility index (Phi) is 4.81. The third-order valence-electron chi connectivity index (χ3n) is 4.26. The lowest BCUT2D eigenvalue weighted by molar-refractivity contribution is -0.124. The molecule has 3 rings (SSSR count). The highest BCUT2D eigenvalue weighted by molar-refractivity contribution is 6.30. The molecule has 7 heteroatoms. The zero-order chi connectivity index (χ0) is 16.2. The normalized spacial score (nSPS) is 18.9. The van der Waals surface area contributed by atoms with E-state index in [-0.39, 0.29) is 11.9 Å². The third kappa shape index (κ3) is 3.82. The predicted octanol–water partition coefficient (Wildman–Crippen LogP) is 2.14. The minimum Gasteiger partial charge on any atom is -0.371 e. The molecule has 2 aromatic rings. The van der Waals surface area contributed by atoms with Gasteiger partial charge in [-0.25, -0.2) is 9.67 Å². The van der Waals surface area contributed by atoms with Gasteiger partial charge in [0.05, 0.1) is 0 Å². The number of nitrogens with zero attached hydrogens (tertiary/aromatic N) is 4. The zero-order valence-electron chi connectivity index (χ0n) is 13.0. The Bertz CT molecular complexity index is 643. The van der Waals surface area contributed by atoms with Gasteiger partial charge in [-0.3, -0.25) is 4.79 Å². The maximum atomic E-state index is 12.2. The number of anilines is 1. The molecule has 23 heavy (non-hydrogen) atoms. The van der Waals surface area contributed by atoms with Crippen molar-refractivity contribution in [2.45, 2.75) is 19.4 Å². The fourth-order valence-electron chi connectivity index (χ4n) is 2.82. The van der Waals surface area contributed by atoms with E-state index in [1.165, 1.54) is 12.0 Å². The summed E-state index contributed by atoms with van der Waals surface area (Å²) < 4.78 is 1.56. The topological polar surface area (TPSA) is 63.1 Å². The summed E-state index contributed by atoms with van der Waals surface area (Å²) in [6, 6.07) is 7.55. The molecule has 0 spiro atoms. The zero-order valence-corrected chi connectivity index (χ0v) is 13.8. The van der Waals surface area contributed by atoms with E-state index in [2.05, 4.69) is 20.3 Å². The van der Waals surface area contributed by atoms with E-state index in [4.69, 9.17) is 11.6 Å². The van der Waals surface area contributed by atoms with E-state index in [1.807, 2.05) is 31.2 Å². The molecule has 6 nitrogen and oxygen atoms in total. The Balaban J connectivity index is 1.48.